The van der Waals surface area contributed by atoms with E-state index >= 15 is 0 Å². The van der Waals surface area contributed by atoms with Crippen LogP contribution >= 0.6 is 46.1 Å². The predicted octanol–water partition coefficient (Wildman–Crippen LogP) is 6.12. The molecular weight excluding hydrogens is 619 g/mol. The lowest BCUT2D eigenvalue weighted by atomic mass is 9.86. The van der Waals surface area contributed by atoms with Crippen LogP contribution in [0, 0.1) is 0 Å². The van der Waals surface area contributed by atoms with E-state index in [-0.39, 0.29) is 62.2 Å². The van der Waals surface area contributed by atoms with Crippen molar-refractivity contribution >= 4 is 58.0 Å². The first-order valence-corrected chi connectivity index (χ1v) is 14.8. The summed E-state index contributed by atoms with van der Waals surface area (Å²) in [7, 11) is 0. The topological polar surface area (TPSA) is 105 Å². The monoisotopic (exact) mass is 645 g/mol. The maximum atomic E-state index is 14.0. The molecule has 4 rings (SSSR count). The lowest BCUT2D eigenvalue weighted by Gasteiger charge is -2.40. The molecule has 7 nitrogen and oxygen atoms in total. The number of hydrogen-bond donors (Lipinski definition) is 3. The largest absolute Gasteiger partial charge is 0.489 e. The van der Waals surface area contributed by atoms with Gasteiger partial charge in [0, 0.05) is 52.1 Å². The molecule has 0 atom stereocenters. The first kappa shape index (κ1) is 31.5. The van der Waals surface area contributed by atoms with Gasteiger partial charge in [0.2, 0.25) is 12.3 Å². The Bertz CT molecular complexity index is 1400. The third-order valence-electron chi connectivity index (χ3n) is 6.91. The summed E-state index contributed by atoms with van der Waals surface area (Å²) >= 11 is 20.1. The van der Waals surface area contributed by atoms with E-state index in [2.05, 4.69) is 5.32 Å². The number of thiophene rings is 1. The number of carbonyl (C=O) groups excluding carboxylic acids is 2. The average Bonchev–Trinajstić information content (AvgIpc) is 3.31. The van der Waals surface area contributed by atoms with E-state index < -0.39 is 24.3 Å². The highest BCUT2D eigenvalue weighted by molar-refractivity contribution is 7.18. The number of likely N-dealkylation sites (tertiary alicyclic amines) is 1. The summed E-state index contributed by atoms with van der Waals surface area (Å²) in [5, 5.41) is 13.8. The van der Waals surface area contributed by atoms with Gasteiger partial charge in [-0.15, -0.1) is 11.3 Å². The predicted molar refractivity (Wildman–Crippen MR) is 158 cm³/mol. The van der Waals surface area contributed by atoms with Crippen molar-refractivity contribution in [2.45, 2.75) is 31.2 Å². The number of carbonyl (C=O) groups is 2. The number of ether oxygens (including phenoxy) is 1. The number of amides is 2. The van der Waals surface area contributed by atoms with Gasteiger partial charge < -0.3 is 25.8 Å². The van der Waals surface area contributed by atoms with Gasteiger partial charge >= 0.3 is 0 Å². The van der Waals surface area contributed by atoms with E-state index in [1.807, 2.05) is 0 Å². The fourth-order valence-corrected chi connectivity index (χ4v) is 6.71. The second-order valence-corrected chi connectivity index (χ2v) is 11.8. The number of piperidine rings is 1. The molecule has 2 heterocycles. The van der Waals surface area contributed by atoms with Gasteiger partial charge in [-0.25, -0.2) is 8.78 Å². The molecule has 1 aliphatic heterocycles. The molecule has 220 valence electrons. The molecule has 0 unspecified atom stereocenters. The van der Waals surface area contributed by atoms with E-state index in [9.17, 15) is 23.5 Å². The maximum absolute atomic E-state index is 14.0. The van der Waals surface area contributed by atoms with Gasteiger partial charge in [0.15, 0.2) is 5.75 Å². The molecule has 4 N–H and O–H groups in total. The number of nitrogens with two attached hydrogens (primary N) is 1. The Kier molecular flexibility index (Phi) is 10.5. The molecule has 1 aliphatic rings. The Balaban J connectivity index is 1.73. The minimum absolute atomic E-state index is 0.0652. The molecule has 13 heteroatoms. The van der Waals surface area contributed by atoms with Crippen LogP contribution < -0.4 is 15.8 Å². The summed E-state index contributed by atoms with van der Waals surface area (Å²) in [6, 6.07) is 12.1. The van der Waals surface area contributed by atoms with Crippen molar-refractivity contribution < 1.29 is 28.2 Å². The van der Waals surface area contributed by atoms with E-state index in [1.165, 1.54) is 11.3 Å². The van der Waals surface area contributed by atoms with E-state index in [0.717, 1.165) is 0 Å². The van der Waals surface area contributed by atoms with Gasteiger partial charge in [-0.2, -0.15) is 0 Å². The van der Waals surface area contributed by atoms with Crippen LogP contribution in [0.4, 0.5) is 8.78 Å². The van der Waals surface area contributed by atoms with Gasteiger partial charge in [0.25, 0.3) is 5.91 Å². The summed E-state index contributed by atoms with van der Waals surface area (Å²) < 4.78 is 31.4. The van der Waals surface area contributed by atoms with Crippen molar-refractivity contribution in [1.29, 1.82) is 0 Å². The minimum atomic E-state index is -2.51. The summed E-state index contributed by atoms with van der Waals surface area (Å²) in [6.45, 7) is -0.101. The highest BCUT2D eigenvalue weighted by atomic mass is 35.5. The number of rotatable bonds is 11. The van der Waals surface area contributed by atoms with E-state index in [4.69, 9.17) is 45.3 Å². The number of nitrogens with one attached hydrogen (secondary N) is 1. The molecule has 1 saturated heterocycles. The average molecular weight is 647 g/mol. The number of aliphatic hydroxyl groups is 1. The fraction of sp³-hybridized carbons (Fsp3) is 0.357. The number of primary amides is 1. The second-order valence-electron chi connectivity index (χ2n) is 9.51. The molecule has 0 spiro atoms. The zero-order chi connectivity index (χ0) is 29.7. The van der Waals surface area contributed by atoms with Gasteiger partial charge in [-0.1, -0.05) is 53.0 Å². The van der Waals surface area contributed by atoms with Crippen LogP contribution in [0.2, 0.25) is 15.1 Å². The van der Waals surface area contributed by atoms with Crippen LogP contribution in [0.1, 0.15) is 28.9 Å². The number of aliphatic hydroxyl groups excluding tert-OH is 1. The quantitative estimate of drug-likeness (QED) is 0.233. The Labute approximate surface area is 255 Å². The molecule has 2 aromatic carbocycles. The number of hydrogen-bond acceptors (Lipinski definition) is 6. The number of nitrogens with zero attached hydrogens (tertiary/aromatic N) is 1. The Morgan fingerprint density at radius 1 is 1.10 bits per heavy atom. The summed E-state index contributed by atoms with van der Waals surface area (Å²) in [4.78, 5) is 28.8. The molecule has 0 saturated carbocycles. The van der Waals surface area contributed by atoms with Gasteiger partial charge in [0.1, 0.15) is 17.0 Å². The Morgan fingerprint density at radius 3 is 2.34 bits per heavy atom. The highest BCUT2D eigenvalue weighted by Crippen LogP contribution is 2.50. The zero-order valence-electron chi connectivity index (χ0n) is 21.8. The molecule has 3 aromatic rings. The summed E-state index contributed by atoms with van der Waals surface area (Å²) in [5.41, 5.74) is 6.42. The lowest BCUT2D eigenvalue weighted by Crippen LogP contribution is -2.61. The number of halogens is 5. The maximum Gasteiger partial charge on any atom is 0.267 e. The van der Waals surface area contributed by atoms with Crippen LogP contribution in [0.25, 0.3) is 21.6 Å². The van der Waals surface area contributed by atoms with Crippen molar-refractivity contribution in [2.75, 3.05) is 32.8 Å². The van der Waals surface area contributed by atoms with Gasteiger partial charge in [-0.3, -0.25) is 9.59 Å². The second kappa shape index (κ2) is 13.7. The molecule has 0 radical (unpaired) electrons. The molecule has 2 amide bonds. The third kappa shape index (κ3) is 7.13. The van der Waals surface area contributed by atoms with E-state index in [1.54, 1.807) is 47.4 Å². The first-order chi connectivity index (χ1) is 19.6. The molecule has 0 bridgehead atoms. The van der Waals surface area contributed by atoms with Crippen LogP contribution in [-0.2, 0) is 4.79 Å². The highest BCUT2D eigenvalue weighted by Gasteiger charge is 2.41. The molecule has 0 aliphatic carbocycles. The van der Waals surface area contributed by atoms with Crippen molar-refractivity contribution in [3.05, 3.63) is 62.4 Å². The minimum Gasteiger partial charge on any atom is -0.489 e. The lowest BCUT2D eigenvalue weighted by molar-refractivity contribution is -0.126. The molecule has 1 fully saturated rings. The van der Waals surface area contributed by atoms with Crippen molar-refractivity contribution in [2.24, 2.45) is 5.73 Å². The normalized spacial score (nSPS) is 14.9. The standard InChI is InChI=1S/C28H28Cl3F2N3O4S/c29-17-3-1-16(2-4-17)22-23(40-14-13-37)25(41-24(22)19-6-5-18(30)15-20(19)31)26(38)36-11-8-28(9-12-36,27(34)39)35-10-7-21(32)33/h1-6,15,21,35,37H,7-14H2,(H2,34,39). The Hall–Kier alpha value is -2.47. The Morgan fingerprint density at radius 2 is 1.76 bits per heavy atom. The molecular formula is C28H28Cl3F2N3O4S. The van der Waals surface area contributed by atoms with Crippen LogP contribution in [0.5, 0.6) is 5.75 Å². The molecule has 41 heavy (non-hydrogen) atoms. The van der Waals surface area contributed by atoms with Crippen LogP contribution in [0.15, 0.2) is 42.5 Å². The van der Waals surface area contributed by atoms with E-state index in [0.29, 0.717) is 36.6 Å². The number of benzene rings is 2. The van der Waals surface area contributed by atoms with Gasteiger partial charge in [0.05, 0.1) is 11.6 Å². The first-order valence-electron chi connectivity index (χ1n) is 12.8. The SMILES string of the molecule is NC(=O)C1(NCCC(F)F)CCN(C(=O)c2sc(-c3ccc(Cl)cc3Cl)c(-c3ccc(Cl)cc3)c2OCCO)CC1. The van der Waals surface area contributed by atoms with Crippen molar-refractivity contribution in [1.82, 2.24) is 10.2 Å². The molecule has 1 aromatic heterocycles. The summed E-state index contributed by atoms with van der Waals surface area (Å²) in [6.07, 6.45) is -2.60. The van der Waals surface area contributed by atoms with Crippen molar-refractivity contribution in [3.8, 4) is 27.3 Å². The smallest absolute Gasteiger partial charge is 0.267 e. The van der Waals surface area contributed by atoms with Crippen LogP contribution in [-0.4, -0.2) is 66.6 Å². The van der Waals surface area contributed by atoms with Gasteiger partial charge in [-0.05, 0) is 42.7 Å². The third-order valence-corrected chi connectivity index (χ3v) is 8.90. The zero-order valence-corrected chi connectivity index (χ0v) is 24.9. The summed E-state index contributed by atoms with van der Waals surface area (Å²) in [5.74, 6) is -0.717. The fourth-order valence-electron chi connectivity index (χ4n) is 4.75. The van der Waals surface area contributed by atoms with Crippen LogP contribution in [0.3, 0.4) is 0 Å². The number of alkyl halides is 2. The van der Waals surface area contributed by atoms with Crippen molar-refractivity contribution in [3.63, 3.8) is 0 Å².